The van der Waals surface area contributed by atoms with Crippen LogP contribution in [0.15, 0.2) is 60.4 Å². The minimum absolute atomic E-state index is 0.0194. The zero-order valence-corrected chi connectivity index (χ0v) is 41.6. The number of hydrogen-bond acceptors (Lipinski definition) is 11. The van der Waals surface area contributed by atoms with Crippen LogP contribution in [0.3, 0.4) is 0 Å². The molecular formula is C52H68ClN7O6S. The van der Waals surface area contributed by atoms with Gasteiger partial charge >= 0.3 is 0 Å². The Morgan fingerprint density at radius 3 is 2.33 bits per heavy atom. The van der Waals surface area contributed by atoms with Crippen molar-refractivity contribution in [2.45, 2.75) is 129 Å². The number of benzene rings is 2. The fourth-order valence-corrected chi connectivity index (χ4v) is 10.8. The molecule has 7 rings (SSSR count). The number of ether oxygens (including phenoxy) is 1. The molecule has 1 aliphatic carbocycles. The van der Waals surface area contributed by atoms with Gasteiger partial charge in [-0.1, -0.05) is 88.5 Å². The van der Waals surface area contributed by atoms with Crippen LogP contribution in [0.5, 0.6) is 0 Å². The molecule has 0 bridgehead atoms. The molecule has 4 heterocycles. The Bertz CT molecular complexity index is 2330. The molecule has 13 nitrogen and oxygen atoms in total. The Morgan fingerprint density at radius 1 is 0.925 bits per heavy atom. The molecule has 2 saturated heterocycles. The third-order valence-electron chi connectivity index (χ3n) is 13.9. The number of aryl methyl sites for hydroxylation is 2. The first kappa shape index (κ1) is 50.1. The molecule has 4 aromatic rings. The molecule has 0 saturated carbocycles. The first-order valence-electron chi connectivity index (χ1n) is 24.1. The molecule has 3 amide bonds. The van der Waals surface area contributed by atoms with Gasteiger partial charge < -0.3 is 29.9 Å². The summed E-state index contributed by atoms with van der Waals surface area (Å²) in [5.41, 5.74) is 7.60. The van der Waals surface area contributed by atoms with Crippen molar-refractivity contribution in [1.82, 2.24) is 30.1 Å². The molecule has 0 spiro atoms. The van der Waals surface area contributed by atoms with E-state index in [1.54, 1.807) is 17.7 Å². The van der Waals surface area contributed by atoms with Crippen LogP contribution in [-0.4, -0.2) is 111 Å². The minimum atomic E-state index is -0.844. The first-order valence-corrected chi connectivity index (χ1v) is 25.4. The molecule has 2 fully saturated rings. The predicted octanol–water partition coefficient (Wildman–Crippen LogP) is 8.47. The number of unbranched alkanes of at least 4 members (excludes halogenated alkanes) is 2. The smallest absolute Gasteiger partial charge is 0.243 e. The molecule has 0 radical (unpaired) electrons. The standard InChI is InChI=1S/C52H68ClN7O6S/c1-33-11-20-44-46(33)48(55-31-54-44)58-22-24-59(25-23-58)50(64)42(37-16-18-39(53)19-17-37)10-8-7-9-26-66-27-21-40(61)28-43(52(4,5)6)51(65)60-30-41(62)29-45(60)49(63)57-34(2)36-12-14-38(15-13-36)47-35(3)56-32-67-47/h12-19,31-34,41-43,45,62H,7-11,20-30H2,1-6H3,(H,57,63)/t33-,34+,41-,42-,43-,45+/m1/s1. The van der Waals surface area contributed by atoms with Crippen LogP contribution < -0.4 is 10.2 Å². The maximum absolute atomic E-state index is 14.2. The number of ketones is 1. The van der Waals surface area contributed by atoms with E-state index in [9.17, 15) is 24.3 Å². The highest BCUT2D eigenvalue weighted by Gasteiger charge is 2.44. The number of carbonyl (C=O) groups is 4. The lowest BCUT2D eigenvalue weighted by molar-refractivity contribution is -0.146. The second-order valence-electron chi connectivity index (χ2n) is 19.8. The lowest BCUT2D eigenvalue weighted by atomic mass is 9.76. The van der Waals surface area contributed by atoms with E-state index in [0.29, 0.717) is 37.1 Å². The number of anilines is 1. The van der Waals surface area contributed by atoms with E-state index in [2.05, 4.69) is 32.1 Å². The molecule has 3 aliphatic rings. The summed E-state index contributed by atoms with van der Waals surface area (Å²) in [4.78, 5) is 75.9. The lowest BCUT2D eigenvalue weighted by Crippen LogP contribution is -2.50. The summed E-state index contributed by atoms with van der Waals surface area (Å²) in [7, 11) is 0. The topological polar surface area (TPSA) is 158 Å². The highest BCUT2D eigenvalue weighted by molar-refractivity contribution is 7.13. The van der Waals surface area contributed by atoms with E-state index in [1.807, 2.05) is 93.6 Å². The average Bonchev–Trinajstić information content (AvgIpc) is 4.05. The highest BCUT2D eigenvalue weighted by atomic mass is 35.5. The van der Waals surface area contributed by atoms with Crippen LogP contribution >= 0.6 is 22.9 Å². The number of likely N-dealkylation sites (tertiary alicyclic amines) is 1. The van der Waals surface area contributed by atoms with Gasteiger partial charge in [-0.2, -0.15) is 0 Å². The highest BCUT2D eigenvalue weighted by Crippen LogP contribution is 2.38. The molecule has 2 aromatic carbocycles. The fourth-order valence-electron chi connectivity index (χ4n) is 9.87. The molecule has 360 valence electrons. The number of piperazine rings is 1. The van der Waals surface area contributed by atoms with E-state index in [4.69, 9.17) is 16.3 Å². The molecule has 67 heavy (non-hydrogen) atoms. The number of halogens is 1. The third kappa shape index (κ3) is 12.5. The number of aliphatic hydroxyl groups is 1. The first-order chi connectivity index (χ1) is 32.1. The van der Waals surface area contributed by atoms with Crippen LogP contribution in [0.4, 0.5) is 5.82 Å². The van der Waals surface area contributed by atoms with Crippen LogP contribution in [-0.2, 0) is 30.3 Å². The Balaban J connectivity index is 0.845. The molecular weight excluding hydrogens is 886 g/mol. The number of amides is 3. The molecule has 2 aliphatic heterocycles. The second-order valence-corrected chi connectivity index (χ2v) is 21.1. The van der Waals surface area contributed by atoms with Gasteiger partial charge in [-0.25, -0.2) is 15.0 Å². The number of aliphatic hydroxyl groups excluding tert-OH is 1. The number of hydrogen-bond donors (Lipinski definition) is 2. The molecule has 2 N–H and O–H groups in total. The lowest BCUT2D eigenvalue weighted by Gasteiger charge is -2.38. The molecule has 15 heteroatoms. The van der Waals surface area contributed by atoms with Crippen molar-refractivity contribution < 1.29 is 29.0 Å². The number of carbonyl (C=O) groups excluding carboxylic acids is 4. The van der Waals surface area contributed by atoms with Crippen molar-refractivity contribution in [2.75, 3.05) is 50.8 Å². The summed E-state index contributed by atoms with van der Waals surface area (Å²) in [5.74, 6) is -0.0592. The summed E-state index contributed by atoms with van der Waals surface area (Å²) in [6.07, 6.45) is 6.45. The van der Waals surface area contributed by atoms with Gasteiger partial charge in [0.2, 0.25) is 17.7 Å². The number of thiazole rings is 1. The second kappa shape index (κ2) is 22.6. The van der Waals surface area contributed by atoms with E-state index in [1.165, 1.54) is 10.5 Å². The summed E-state index contributed by atoms with van der Waals surface area (Å²) < 4.78 is 5.92. The Morgan fingerprint density at radius 2 is 1.64 bits per heavy atom. The molecule has 0 unspecified atom stereocenters. The van der Waals surface area contributed by atoms with Gasteiger partial charge in [0.25, 0.3) is 0 Å². The monoisotopic (exact) mass is 953 g/mol. The number of β-amino-alcohol motifs (C(OH)–C–C–N with tert-alkyl or cyclic N) is 1. The Kier molecular flexibility index (Phi) is 16.9. The number of Topliss-reactive ketones (excluding diaryl/α,β-unsaturated/α-hetero) is 1. The van der Waals surface area contributed by atoms with Crippen molar-refractivity contribution in [2.24, 2.45) is 11.3 Å². The average molecular weight is 955 g/mol. The number of fused-ring (bicyclic) bond motifs is 1. The van der Waals surface area contributed by atoms with E-state index >= 15 is 0 Å². The number of aromatic nitrogens is 3. The SMILES string of the molecule is Cc1ncsc1-c1ccc([C@H](C)NC(=O)[C@@H]2C[C@@H](O)CN2C(=O)[C@@H](CC(=O)CCOCCCCC[C@@H](C(=O)N2CCN(c3ncnc4c3[C@H](C)CC4)CC2)c2ccc(Cl)cc2)C(C)(C)C)cc1. The van der Waals surface area contributed by atoms with Crippen LogP contribution in [0, 0.1) is 18.3 Å². The maximum atomic E-state index is 14.2. The minimum Gasteiger partial charge on any atom is -0.391 e. The maximum Gasteiger partial charge on any atom is 0.243 e. The van der Waals surface area contributed by atoms with Crippen molar-refractivity contribution >= 4 is 52.3 Å². The zero-order chi connectivity index (χ0) is 47.8. The summed E-state index contributed by atoms with van der Waals surface area (Å²) in [5, 5.41) is 14.4. The predicted molar refractivity (Wildman–Crippen MR) is 263 cm³/mol. The van der Waals surface area contributed by atoms with Crippen molar-refractivity contribution in [1.29, 1.82) is 0 Å². The normalized spacial score (nSPS) is 19.8. The van der Waals surface area contributed by atoms with Crippen molar-refractivity contribution in [3.63, 3.8) is 0 Å². The van der Waals surface area contributed by atoms with Gasteiger partial charge in [0.05, 0.1) is 40.8 Å². The quantitative estimate of drug-likeness (QED) is 0.0874. The third-order valence-corrected chi connectivity index (χ3v) is 15.2. The van der Waals surface area contributed by atoms with Gasteiger partial charge in [-0.05, 0) is 79.7 Å². The zero-order valence-electron chi connectivity index (χ0n) is 40.0. The van der Waals surface area contributed by atoms with Crippen LogP contribution in [0.1, 0.15) is 132 Å². The van der Waals surface area contributed by atoms with Crippen LogP contribution in [0.2, 0.25) is 5.02 Å². The number of nitrogens with zero attached hydrogens (tertiary/aromatic N) is 6. The van der Waals surface area contributed by atoms with Gasteiger partial charge in [0, 0.05) is 80.8 Å². The van der Waals surface area contributed by atoms with E-state index < -0.39 is 23.5 Å². The van der Waals surface area contributed by atoms with Gasteiger partial charge in [0.1, 0.15) is 24.0 Å². The fraction of sp³-hybridized carbons (Fsp3) is 0.558. The molecule has 2 aromatic heterocycles. The van der Waals surface area contributed by atoms with Crippen LogP contribution in [0.25, 0.3) is 10.4 Å². The largest absolute Gasteiger partial charge is 0.391 e. The van der Waals surface area contributed by atoms with E-state index in [0.717, 1.165) is 84.0 Å². The van der Waals surface area contributed by atoms with Gasteiger partial charge in [-0.15, -0.1) is 11.3 Å². The summed E-state index contributed by atoms with van der Waals surface area (Å²) in [6, 6.07) is 14.5. The van der Waals surface area contributed by atoms with Gasteiger partial charge in [0.15, 0.2) is 0 Å². The summed E-state index contributed by atoms with van der Waals surface area (Å²) in [6.45, 7) is 15.4. The van der Waals surface area contributed by atoms with Crippen molar-refractivity contribution in [3.8, 4) is 10.4 Å². The Labute approximate surface area is 405 Å². The van der Waals surface area contributed by atoms with E-state index in [-0.39, 0.29) is 67.9 Å². The number of rotatable bonds is 19. The molecule has 6 atom stereocenters. The Hall–Kier alpha value is -4.76. The summed E-state index contributed by atoms with van der Waals surface area (Å²) >= 11 is 7.83. The van der Waals surface area contributed by atoms with Gasteiger partial charge in [-0.3, -0.25) is 19.2 Å². The number of nitrogens with one attached hydrogen (secondary N) is 1. The van der Waals surface area contributed by atoms with Crippen molar-refractivity contribution in [3.05, 3.63) is 93.5 Å².